The van der Waals surface area contributed by atoms with Gasteiger partial charge in [-0.05, 0) is 30.7 Å². The van der Waals surface area contributed by atoms with Crippen molar-refractivity contribution in [1.29, 1.82) is 0 Å². The highest BCUT2D eigenvalue weighted by atomic mass is 16.4. The Morgan fingerprint density at radius 1 is 1.08 bits per heavy atom. The Morgan fingerprint density at radius 2 is 1.80 bits per heavy atom. The predicted molar refractivity (Wildman–Crippen MR) is 98.9 cm³/mol. The van der Waals surface area contributed by atoms with Gasteiger partial charge in [-0.1, -0.05) is 55.5 Å². The van der Waals surface area contributed by atoms with Crippen LogP contribution in [0.2, 0.25) is 0 Å². The summed E-state index contributed by atoms with van der Waals surface area (Å²) in [7, 11) is 0. The van der Waals surface area contributed by atoms with Crippen LogP contribution in [0.1, 0.15) is 41.7 Å². The molecule has 0 aliphatic heterocycles. The van der Waals surface area contributed by atoms with Gasteiger partial charge >= 0.3 is 5.63 Å². The van der Waals surface area contributed by atoms with E-state index in [4.69, 9.17) is 4.42 Å². The van der Waals surface area contributed by atoms with Crippen molar-refractivity contribution in [2.45, 2.75) is 25.8 Å². The van der Waals surface area contributed by atoms with Crippen molar-refractivity contribution in [3.05, 3.63) is 82.2 Å². The summed E-state index contributed by atoms with van der Waals surface area (Å²) >= 11 is 0. The summed E-state index contributed by atoms with van der Waals surface area (Å²) in [4.78, 5) is 25.0. The van der Waals surface area contributed by atoms with Crippen LogP contribution in [0.5, 0.6) is 0 Å². The number of rotatable bonds is 7. The molecule has 1 aromatic heterocycles. The lowest BCUT2D eigenvalue weighted by Crippen LogP contribution is -2.26. The lowest BCUT2D eigenvalue weighted by Gasteiger charge is -2.18. The molecule has 3 aromatic rings. The maximum Gasteiger partial charge on any atom is 0.347 e. The molecule has 2 aromatic carbocycles. The fourth-order valence-corrected chi connectivity index (χ4v) is 2.86. The average Bonchev–Trinajstić information content (AvgIpc) is 2.65. The third kappa shape index (κ3) is 4.03. The molecule has 4 nitrogen and oxygen atoms in total. The molecule has 0 spiro atoms. The summed E-state index contributed by atoms with van der Waals surface area (Å²) < 4.78 is 5.29. The summed E-state index contributed by atoms with van der Waals surface area (Å²) in [6.07, 6.45) is 1.18. The second kappa shape index (κ2) is 7.90. The lowest BCUT2D eigenvalue weighted by atomic mass is 9.98. The minimum Gasteiger partial charge on any atom is -0.422 e. The van der Waals surface area contributed by atoms with E-state index in [0.29, 0.717) is 5.58 Å². The zero-order chi connectivity index (χ0) is 17.6. The van der Waals surface area contributed by atoms with Crippen LogP contribution in [0.3, 0.4) is 0 Å². The topological polar surface area (TPSA) is 59.3 Å². The molecule has 0 saturated heterocycles. The minimum atomic E-state index is -0.578. The summed E-state index contributed by atoms with van der Waals surface area (Å²) in [6, 6.07) is 18.5. The van der Waals surface area contributed by atoms with E-state index in [1.807, 2.05) is 42.5 Å². The Balaban J connectivity index is 1.88. The molecular weight excluding hydrogens is 314 g/mol. The molecular formula is C21H21NO3. The molecule has 1 heterocycles. The van der Waals surface area contributed by atoms with Gasteiger partial charge in [-0.15, -0.1) is 0 Å². The zero-order valence-electron chi connectivity index (χ0n) is 14.2. The predicted octanol–water partition coefficient (Wildman–Crippen LogP) is 4.11. The van der Waals surface area contributed by atoms with Crippen LogP contribution in [0.15, 0.2) is 69.9 Å². The first-order valence-electron chi connectivity index (χ1n) is 8.53. The molecule has 0 radical (unpaired) electrons. The zero-order valence-corrected chi connectivity index (χ0v) is 14.2. The number of para-hydroxylation sites is 1. The molecule has 25 heavy (non-hydrogen) atoms. The van der Waals surface area contributed by atoms with Crippen LogP contribution in [0.4, 0.5) is 0 Å². The molecule has 3 rings (SSSR count). The van der Waals surface area contributed by atoms with Gasteiger partial charge in [0.25, 0.3) is 0 Å². The van der Waals surface area contributed by atoms with Gasteiger partial charge in [-0.2, -0.15) is 0 Å². The van der Waals surface area contributed by atoms with Crippen LogP contribution < -0.4 is 10.9 Å². The Hall–Kier alpha value is -2.72. The van der Waals surface area contributed by atoms with E-state index < -0.39 is 5.63 Å². The first-order valence-corrected chi connectivity index (χ1v) is 8.53. The van der Waals surface area contributed by atoms with Crippen molar-refractivity contribution in [2.75, 3.05) is 6.54 Å². The fraction of sp³-hybridized carbons (Fsp3) is 0.238. The standard InChI is InChI=1S/C21H21NO3/c1-2-12-22-18(15-8-4-3-5-9-15)14-19(23)17-13-16-10-6-7-11-20(16)25-21(17)24/h3-11,13,18,22H,2,12,14H2,1H3/t18-/m1/s1. The van der Waals surface area contributed by atoms with Gasteiger partial charge < -0.3 is 9.73 Å². The van der Waals surface area contributed by atoms with Crippen molar-refractivity contribution >= 4 is 16.8 Å². The second-order valence-electron chi connectivity index (χ2n) is 6.03. The Bertz CT molecular complexity index is 915. The Kier molecular flexibility index (Phi) is 5.41. The number of Topliss-reactive ketones (excluding diaryl/α,β-unsaturated/α-hetero) is 1. The highest BCUT2D eigenvalue weighted by molar-refractivity contribution is 5.98. The van der Waals surface area contributed by atoms with Gasteiger partial charge in [-0.3, -0.25) is 4.79 Å². The number of hydrogen-bond acceptors (Lipinski definition) is 4. The van der Waals surface area contributed by atoms with Gasteiger partial charge in [0.15, 0.2) is 5.78 Å². The van der Waals surface area contributed by atoms with E-state index >= 15 is 0 Å². The van der Waals surface area contributed by atoms with E-state index in [0.717, 1.165) is 23.9 Å². The molecule has 0 aliphatic rings. The normalized spacial score (nSPS) is 12.2. The van der Waals surface area contributed by atoms with E-state index in [1.165, 1.54) is 0 Å². The highest BCUT2D eigenvalue weighted by Gasteiger charge is 2.20. The number of nitrogens with one attached hydrogen (secondary N) is 1. The molecule has 0 saturated carbocycles. The number of hydrogen-bond donors (Lipinski definition) is 1. The van der Waals surface area contributed by atoms with Gasteiger partial charge in [0.05, 0.1) is 0 Å². The molecule has 1 N–H and O–H groups in total. The minimum absolute atomic E-state index is 0.109. The second-order valence-corrected chi connectivity index (χ2v) is 6.03. The average molecular weight is 335 g/mol. The Morgan fingerprint density at radius 3 is 2.56 bits per heavy atom. The molecule has 128 valence electrons. The smallest absolute Gasteiger partial charge is 0.347 e. The SMILES string of the molecule is CCCN[C@H](CC(=O)c1cc2ccccc2oc1=O)c1ccccc1. The lowest BCUT2D eigenvalue weighted by molar-refractivity contribution is 0.0965. The van der Waals surface area contributed by atoms with Gasteiger partial charge in [0.2, 0.25) is 0 Å². The molecule has 0 bridgehead atoms. The fourth-order valence-electron chi connectivity index (χ4n) is 2.86. The van der Waals surface area contributed by atoms with Crippen molar-refractivity contribution in [1.82, 2.24) is 5.32 Å². The molecule has 1 atom stereocenters. The van der Waals surface area contributed by atoms with E-state index in [9.17, 15) is 9.59 Å². The summed E-state index contributed by atoms with van der Waals surface area (Å²) in [5, 5.41) is 4.14. The van der Waals surface area contributed by atoms with Crippen LogP contribution in [0.25, 0.3) is 11.0 Å². The summed E-state index contributed by atoms with van der Waals surface area (Å²) in [5.74, 6) is -0.211. The van der Waals surface area contributed by atoms with Crippen LogP contribution >= 0.6 is 0 Å². The van der Waals surface area contributed by atoms with Gasteiger partial charge in [0, 0.05) is 17.8 Å². The van der Waals surface area contributed by atoms with E-state index in [2.05, 4.69) is 12.2 Å². The number of fused-ring (bicyclic) bond motifs is 1. The number of benzene rings is 2. The van der Waals surface area contributed by atoms with E-state index in [-0.39, 0.29) is 23.8 Å². The van der Waals surface area contributed by atoms with E-state index in [1.54, 1.807) is 18.2 Å². The van der Waals surface area contributed by atoms with Crippen molar-refractivity contribution in [3.8, 4) is 0 Å². The number of ketones is 1. The number of carbonyl (C=O) groups excluding carboxylic acids is 1. The summed E-state index contributed by atoms with van der Waals surface area (Å²) in [5.41, 5.74) is 1.06. The monoisotopic (exact) mass is 335 g/mol. The molecule has 4 heteroatoms. The van der Waals surface area contributed by atoms with Crippen LogP contribution in [-0.2, 0) is 0 Å². The maximum absolute atomic E-state index is 12.8. The van der Waals surface area contributed by atoms with Crippen molar-refractivity contribution < 1.29 is 9.21 Å². The largest absolute Gasteiger partial charge is 0.422 e. The molecule has 0 unspecified atom stereocenters. The van der Waals surface area contributed by atoms with Crippen LogP contribution in [-0.4, -0.2) is 12.3 Å². The number of carbonyl (C=O) groups is 1. The molecule has 0 aliphatic carbocycles. The molecule has 0 amide bonds. The third-order valence-corrected chi connectivity index (χ3v) is 4.17. The van der Waals surface area contributed by atoms with Gasteiger partial charge in [0.1, 0.15) is 11.1 Å². The quantitative estimate of drug-likeness (QED) is 0.521. The Labute approximate surface area is 146 Å². The first kappa shape index (κ1) is 17.1. The van der Waals surface area contributed by atoms with Crippen LogP contribution in [0, 0.1) is 0 Å². The molecule has 0 fully saturated rings. The highest BCUT2D eigenvalue weighted by Crippen LogP contribution is 2.20. The maximum atomic E-state index is 12.8. The van der Waals surface area contributed by atoms with Gasteiger partial charge in [-0.25, -0.2) is 4.79 Å². The third-order valence-electron chi connectivity index (χ3n) is 4.17. The van der Waals surface area contributed by atoms with Crippen molar-refractivity contribution in [2.24, 2.45) is 0 Å². The van der Waals surface area contributed by atoms with Crippen molar-refractivity contribution in [3.63, 3.8) is 0 Å². The summed E-state index contributed by atoms with van der Waals surface area (Å²) in [6.45, 7) is 2.88. The first-order chi connectivity index (χ1) is 12.2.